The van der Waals surface area contributed by atoms with Gasteiger partial charge < -0.3 is 4.90 Å². The Hall–Kier alpha value is -4.88. The fraction of sp³-hybridized carbons (Fsp3) is 0.122. The number of hydrogen-bond donors (Lipinski definition) is 0. The highest BCUT2D eigenvalue weighted by Crippen LogP contribution is 2.54. The molecule has 6 aromatic carbocycles. The van der Waals surface area contributed by atoms with Gasteiger partial charge in [0.2, 0.25) is 0 Å². The van der Waals surface area contributed by atoms with Crippen molar-refractivity contribution in [1.29, 1.82) is 0 Å². The van der Waals surface area contributed by atoms with Crippen molar-refractivity contribution in [1.82, 2.24) is 0 Å². The number of rotatable bonds is 7. The zero-order valence-corrected chi connectivity index (χ0v) is 24.3. The van der Waals surface area contributed by atoms with Gasteiger partial charge in [-0.2, -0.15) is 0 Å². The first-order chi connectivity index (χ1) is 20.6. The van der Waals surface area contributed by atoms with Gasteiger partial charge in [-0.15, -0.1) is 0 Å². The molecule has 0 atom stereocenters. The minimum atomic E-state index is -0.198. The molecule has 0 fully saturated rings. The summed E-state index contributed by atoms with van der Waals surface area (Å²) in [6, 6.07) is 56.0. The van der Waals surface area contributed by atoms with Crippen molar-refractivity contribution in [3.8, 4) is 11.1 Å². The summed E-state index contributed by atoms with van der Waals surface area (Å²) in [5.41, 5.74) is 14.1. The molecule has 0 heterocycles. The second kappa shape index (κ2) is 10.8. The van der Waals surface area contributed by atoms with Gasteiger partial charge in [-0.1, -0.05) is 126 Å². The van der Waals surface area contributed by atoms with Crippen LogP contribution in [0.4, 0.5) is 17.1 Å². The van der Waals surface area contributed by atoms with E-state index in [-0.39, 0.29) is 5.41 Å². The van der Waals surface area contributed by atoms with E-state index < -0.39 is 0 Å². The molecule has 1 aliphatic rings. The van der Waals surface area contributed by atoms with Crippen LogP contribution in [0.2, 0.25) is 0 Å². The molecule has 0 saturated heterocycles. The average molecular weight is 542 g/mol. The van der Waals surface area contributed by atoms with Crippen molar-refractivity contribution in [3.63, 3.8) is 0 Å². The lowest BCUT2D eigenvalue weighted by atomic mass is 9.69. The lowest BCUT2D eigenvalue weighted by Gasteiger charge is -2.34. The Morgan fingerprint density at radius 1 is 0.429 bits per heavy atom. The van der Waals surface area contributed by atoms with Crippen LogP contribution in [0.1, 0.15) is 33.4 Å². The van der Waals surface area contributed by atoms with E-state index in [4.69, 9.17) is 0 Å². The predicted molar refractivity (Wildman–Crippen MR) is 177 cm³/mol. The van der Waals surface area contributed by atoms with Gasteiger partial charge in [0.05, 0.1) is 0 Å². The third kappa shape index (κ3) is 4.72. The Morgan fingerprint density at radius 3 is 1.43 bits per heavy atom. The third-order valence-electron chi connectivity index (χ3n) is 8.79. The number of fused-ring (bicyclic) bond motifs is 3. The summed E-state index contributed by atoms with van der Waals surface area (Å²) in [6.45, 7) is 4.29. The molecule has 0 N–H and O–H groups in total. The van der Waals surface area contributed by atoms with Crippen LogP contribution < -0.4 is 4.90 Å². The molecule has 204 valence electrons. The number of anilines is 3. The van der Waals surface area contributed by atoms with Crippen molar-refractivity contribution in [2.45, 2.75) is 32.1 Å². The van der Waals surface area contributed by atoms with Crippen LogP contribution in [0.5, 0.6) is 0 Å². The van der Waals surface area contributed by atoms with Crippen molar-refractivity contribution < 1.29 is 0 Å². The molecule has 7 rings (SSSR count). The Labute approximate surface area is 249 Å². The first-order valence-electron chi connectivity index (χ1n) is 14.9. The van der Waals surface area contributed by atoms with E-state index in [0.717, 1.165) is 24.2 Å². The van der Waals surface area contributed by atoms with E-state index in [1.807, 2.05) is 0 Å². The van der Waals surface area contributed by atoms with Crippen molar-refractivity contribution in [2.75, 3.05) is 4.90 Å². The largest absolute Gasteiger partial charge is 0.310 e. The molecule has 0 aliphatic heterocycles. The van der Waals surface area contributed by atoms with Crippen LogP contribution >= 0.6 is 0 Å². The second-order valence-corrected chi connectivity index (χ2v) is 11.7. The van der Waals surface area contributed by atoms with Crippen LogP contribution in [0, 0.1) is 13.8 Å². The summed E-state index contributed by atoms with van der Waals surface area (Å²) in [5, 5.41) is 0. The van der Waals surface area contributed by atoms with Gasteiger partial charge in [-0.05, 0) is 96.5 Å². The highest BCUT2D eigenvalue weighted by Gasteiger charge is 2.43. The Bertz CT molecular complexity index is 1730. The molecule has 0 radical (unpaired) electrons. The molecule has 1 heteroatoms. The summed E-state index contributed by atoms with van der Waals surface area (Å²) in [7, 11) is 0. The Balaban J connectivity index is 1.46. The Kier molecular flexibility index (Phi) is 6.72. The highest BCUT2D eigenvalue weighted by molar-refractivity contribution is 5.86. The zero-order valence-electron chi connectivity index (χ0n) is 24.3. The van der Waals surface area contributed by atoms with Gasteiger partial charge in [0.1, 0.15) is 0 Å². The number of benzene rings is 6. The second-order valence-electron chi connectivity index (χ2n) is 11.7. The zero-order chi connectivity index (χ0) is 28.5. The Morgan fingerprint density at radius 2 is 0.881 bits per heavy atom. The fourth-order valence-corrected chi connectivity index (χ4v) is 6.75. The molecule has 42 heavy (non-hydrogen) atoms. The van der Waals surface area contributed by atoms with Gasteiger partial charge in [-0.25, -0.2) is 0 Å². The van der Waals surface area contributed by atoms with Gasteiger partial charge in [0.15, 0.2) is 0 Å². The van der Waals surface area contributed by atoms with Crippen LogP contribution in [-0.2, 0) is 18.3 Å². The number of nitrogens with zero attached hydrogens (tertiary/aromatic N) is 1. The summed E-state index contributed by atoms with van der Waals surface area (Å²) in [4.78, 5) is 2.40. The maximum absolute atomic E-state index is 2.47. The number of aryl methyl sites for hydroxylation is 2. The molecule has 0 unspecified atom stereocenters. The van der Waals surface area contributed by atoms with E-state index in [1.54, 1.807) is 0 Å². The summed E-state index contributed by atoms with van der Waals surface area (Å²) >= 11 is 0. The van der Waals surface area contributed by atoms with E-state index in [9.17, 15) is 0 Å². The van der Waals surface area contributed by atoms with Gasteiger partial charge >= 0.3 is 0 Å². The van der Waals surface area contributed by atoms with E-state index >= 15 is 0 Å². The quantitative estimate of drug-likeness (QED) is 0.194. The maximum atomic E-state index is 2.47. The topological polar surface area (TPSA) is 3.24 Å². The maximum Gasteiger partial charge on any atom is 0.0465 e. The van der Waals surface area contributed by atoms with Gasteiger partial charge in [0.25, 0.3) is 0 Å². The third-order valence-corrected chi connectivity index (χ3v) is 8.79. The van der Waals surface area contributed by atoms with Gasteiger partial charge in [-0.3, -0.25) is 0 Å². The minimum Gasteiger partial charge on any atom is -0.310 e. The van der Waals surface area contributed by atoms with Crippen LogP contribution in [0.25, 0.3) is 11.1 Å². The normalized spacial score (nSPS) is 12.9. The van der Waals surface area contributed by atoms with Crippen LogP contribution in [0.3, 0.4) is 0 Å². The average Bonchev–Trinajstić information content (AvgIpc) is 3.29. The number of hydrogen-bond acceptors (Lipinski definition) is 1. The molecular weight excluding hydrogens is 506 g/mol. The predicted octanol–water partition coefficient (Wildman–Crippen LogP) is 10.5. The molecular formula is C41H35N. The molecule has 6 aromatic rings. The first kappa shape index (κ1) is 26.0. The lowest BCUT2D eigenvalue weighted by Crippen LogP contribution is -2.31. The molecule has 0 saturated carbocycles. The standard InChI is InChI=1S/C41H35N/c1-30-17-21-34(22-18-30)42(35-23-19-31(2)20-24-35)36-25-26-38-37-15-9-10-16-39(37)41(40(38)27-36,28-32-11-5-3-6-12-32)29-33-13-7-4-8-14-33/h3-27H,28-29H2,1-2H3. The first-order valence-corrected chi connectivity index (χ1v) is 14.9. The van der Waals surface area contributed by atoms with E-state index in [1.165, 1.54) is 50.2 Å². The lowest BCUT2D eigenvalue weighted by molar-refractivity contribution is 0.520. The smallest absolute Gasteiger partial charge is 0.0465 e. The molecule has 0 aromatic heterocycles. The van der Waals surface area contributed by atoms with Gasteiger partial charge in [0, 0.05) is 22.5 Å². The van der Waals surface area contributed by atoms with Crippen molar-refractivity contribution in [2.24, 2.45) is 0 Å². The fourth-order valence-electron chi connectivity index (χ4n) is 6.75. The molecule has 0 bridgehead atoms. The van der Waals surface area contributed by atoms with Crippen LogP contribution in [0.15, 0.2) is 152 Å². The summed E-state index contributed by atoms with van der Waals surface area (Å²) in [5.74, 6) is 0. The van der Waals surface area contributed by atoms with Crippen molar-refractivity contribution >= 4 is 17.1 Å². The molecule has 0 amide bonds. The van der Waals surface area contributed by atoms with Crippen LogP contribution in [-0.4, -0.2) is 0 Å². The SMILES string of the molecule is Cc1ccc(N(c2ccc(C)cc2)c2ccc3c(c2)C(Cc2ccccc2)(Cc2ccccc2)c2ccccc2-3)cc1. The monoisotopic (exact) mass is 541 g/mol. The summed E-state index contributed by atoms with van der Waals surface area (Å²) < 4.78 is 0. The molecule has 0 spiro atoms. The van der Waals surface area contributed by atoms with E-state index in [2.05, 4.69) is 170 Å². The van der Waals surface area contributed by atoms with Crippen molar-refractivity contribution in [3.05, 3.63) is 185 Å². The minimum absolute atomic E-state index is 0.198. The van der Waals surface area contributed by atoms with E-state index in [0.29, 0.717) is 0 Å². The summed E-state index contributed by atoms with van der Waals surface area (Å²) in [6.07, 6.45) is 1.87. The molecule has 1 nitrogen and oxygen atoms in total. The highest BCUT2D eigenvalue weighted by atomic mass is 15.1. The molecule has 1 aliphatic carbocycles.